The van der Waals surface area contributed by atoms with Crippen LogP contribution in [-0.4, -0.2) is 9.38 Å². The zero-order valence-corrected chi connectivity index (χ0v) is 7.76. The number of fused-ring (bicyclic) bond motifs is 1. The van der Waals surface area contributed by atoms with Gasteiger partial charge in [0.1, 0.15) is 5.65 Å². The number of nitrogens with zero attached hydrogens (tertiary/aromatic N) is 1. The van der Waals surface area contributed by atoms with Crippen molar-refractivity contribution >= 4 is 5.65 Å². The lowest BCUT2D eigenvalue weighted by molar-refractivity contribution is 0.801. The lowest BCUT2D eigenvalue weighted by Gasteiger charge is -2.04. The van der Waals surface area contributed by atoms with E-state index in [1.54, 1.807) is 0 Å². The van der Waals surface area contributed by atoms with Gasteiger partial charge in [0.2, 0.25) is 0 Å². The van der Waals surface area contributed by atoms with E-state index in [1.807, 2.05) is 0 Å². The maximum absolute atomic E-state index is 3.35. The summed E-state index contributed by atoms with van der Waals surface area (Å²) >= 11 is 0. The Balaban J connectivity index is 2.76. The normalized spacial score (nSPS) is 11.7. The highest BCUT2D eigenvalue weighted by Gasteiger charge is 2.09. The molecule has 0 saturated carbocycles. The van der Waals surface area contributed by atoms with Crippen molar-refractivity contribution in [2.75, 3.05) is 0 Å². The molecule has 0 spiro atoms. The fourth-order valence-electron chi connectivity index (χ4n) is 1.84. The molecule has 2 aromatic heterocycles. The molecule has 0 aliphatic heterocycles. The number of H-pyrrole nitrogens is 1. The summed E-state index contributed by atoms with van der Waals surface area (Å²) in [6.07, 6.45) is 2.11. The Bertz CT molecular complexity index is 393. The summed E-state index contributed by atoms with van der Waals surface area (Å²) < 4.78 is 2.22. The Morgan fingerprint density at radius 1 is 1.42 bits per heavy atom. The summed E-state index contributed by atoms with van der Waals surface area (Å²) in [5.41, 5.74) is 3.85. The number of imidazole rings is 1. The Morgan fingerprint density at radius 2 is 2.17 bits per heavy atom. The molecule has 0 amide bonds. The van der Waals surface area contributed by atoms with Crippen molar-refractivity contribution < 1.29 is 0 Å². The molecule has 2 nitrogen and oxygen atoms in total. The highest BCUT2D eigenvalue weighted by atomic mass is 15.0. The maximum atomic E-state index is 3.35. The quantitative estimate of drug-likeness (QED) is 0.665. The Kier molecular flexibility index (Phi) is 1.50. The molecule has 0 aliphatic carbocycles. The molecule has 0 atom stereocenters. The predicted octanol–water partition coefficient (Wildman–Crippen LogP) is 2.70. The van der Waals surface area contributed by atoms with E-state index in [0.717, 1.165) is 0 Å². The van der Waals surface area contributed by atoms with Crippen molar-refractivity contribution in [1.29, 1.82) is 0 Å². The van der Waals surface area contributed by atoms with E-state index in [0.29, 0.717) is 5.92 Å². The van der Waals surface area contributed by atoms with E-state index in [1.165, 1.54) is 17.0 Å². The van der Waals surface area contributed by atoms with Crippen LogP contribution >= 0.6 is 0 Å². The van der Waals surface area contributed by atoms with Crippen LogP contribution in [0.4, 0.5) is 0 Å². The molecule has 1 N–H and O–H groups in total. The first kappa shape index (κ1) is 7.47. The molecule has 0 aromatic carbocycles. The highest BCUT2D eigenvalue weighted by Crippen LogP contribution is 2.20. The van der Waals surface area contributed by atoms with Crippen molar-refractivity contribution in [2.45, 2.75) is 26.7 Å². The lowest BCUT2D eigenvalue weighted by Crippen LogP contribution is -1.94. The number of aromatic nitrogens is 2. The monoisotopic (exact) mass is 162 g/mol. The third-order valence-electron chi connectivity index (χ3n) is 2.25. The molecule has 2 heteroatoms. The highest BCUT2D eigenvalue weighted by molar-refractivity contribution is 5.44. The molecule has 0 fully saturated rings. The van der Waals surface area contributed by atoms with Crippen molar-refractivity contribution in [3.8, 4) is 0 Å². The molecule has 0 saturated heterocycles. The summed E-state index contributed by atoms with van der Waals surface area (Å²) in [6, 6.07) is 4.16. The van der Waals surface area contributed by atoms with Gasteiger partial charge in [0.25, 0.3) is 0 Å². The van der Waals surface area contributed by atoms with Crippen LogP contribution in [0.5, 0.6) is 0 Å². The summed E-state index contributed by atoms with van der Waals surface area (Å²) in [5.74, 6) is 0.575. The number of aryl methyl sites for hydroxylation is 1. The van der Waals surface area contributed by atoms with Gasteiger partial charge in [-0.1, -0.05) is 13.8 Å². The summed E-state index contributed by atoms with van der Waals surface area (Å²) in [5, 5.41) is 0. The second-order valence-corrected chi connectivity index (χ2v) is 3.55. The van der Waals surface area contributed by atoms with Crippen molar-refractivity contribution in [3.05, 3.63) is 29.7 Å². The zero-order chi connectivity index (χ0) is 8.72. The predicted molar refractivity (Wildman–Crippen MR) is 50.6 cm³/mol. The van der Waals surface area contributed by atoms with Gasteiger partial charge in [-0.3, -0.25) is 0 Å². The second kappa shape index (κ2) is 2.41. The van der Waals surface area contributed by atoms with Gasteiger partial charge in [-0.05, 0) is 25.0 Å². The van der Waals surface area contributed by atoms with Crippen LogP contribution in [0, 0.1) is 6.92 Å². The van der Waals surface area contributed by atoms with Crippen LogP contribution in [0.3, 0.4) is 0 Å². The number of rotatable bonds is 1. The minimum absolute atomic E-state index is 0.575. The van der Waals surface area contributed by atoms with Crippen molar-refractivity contribution in [1.82, 2.24) is 9.38 Å². The van der Waals surface area contributed by atoms with E-state index >= 15 is 0 Å². The molecule has 64 valence electrons. The first-order valence-corrected chi connectivity index (χ1v) is 4.35. The smallest absolute Gasteiger partial charge is 0.114 e. The molecular formula is C10H14N2. The number of nitrogens with one attached hydrogen (secondary N) is 1. The minimum atomic E-state index is 0.575. The third kappa shape index (κ3) is 0.876. The zero-order valence-electron chi connectivity index (χ0n) is 7.76. The Labute approximate surface area is 72.2 Å². The summed E-state index contributed by atoms with van der Waals surface area (Å²) in [4.78, 5) is 3.35. The van der Waals surface area contributed by atoms with Crippen molar-refractivity contribution in [2.24, 2.45) is 0 Å². The van der Waals surface area contributed by atoms with E-state index in [-0.39, 0.29) is 0 Å². The van der Waals surface area contributed by atoms with Gasteiger partial charge in [0.05, 0.1) is 0 Å². The first-order chi connectivity index (χ1) is 5.70. The van der Waals surface area contributed by atoms with Gasteiger partial charge < -0.3 is 9.38 Å². The minimum Gasteiger partial charge on any atom is -0.344 e. The average molecular weight is 162 g/mol. The topological polar surface area (TPSA) is 20.2 Å². The van der Waals surface area contributed by atoms with Crippen LogP contribution in [-0.2, 0) is 0 Å². The van der Waals surface area contributed by atoms with E-state index < -0.39 is 0 Å². The van der Waals surface area contributed by atoms with Crippen LogP contribution < -0.4 is 0 Å². The van der Waals surface area contributed by atoms with Gasteiger partial charge in [0, 0.05) is 17.6 Å². The van der Waals surface area contributed by atoms with Crippen LogP contribution in [0.15, 0.2) is 18.3 Å². The number of aromatic amines is 1. The molecule has 12 heavy (non-hydrogen) atoms. The van der Waals surface area contributed by atoms with Crippen molar-refractivity contribution in [3.63, 3.8) is 0 Å². The van der Waals surface area contributed by atoms with Gasteiger partial charge in [0.15, 0.2) is 0 Å². The molecule has 0 bridgehead atoms. The number of hydrogen-bond acceptors (Lipinski definition) is 0. The molecule has 0 unspecified atom stereocenters. The standard InChI is InChI=1S/C10H14N2/c1-7(2)10-8(3)11-9-5-4-6-12(9)10/h4-7,11H,1-3H3. The van der Waals surface area contributed by atoms with E-state index in [2.05, 4.69) is 48.5 Å². The summed E-state index contributed by atoms with van der Waals surface area (Å²) in [7, 11) is 0. The molecule has 0 aliphatic rings. The second-order valence-electron chi connectivity index (χ2n) is 3.55. The SMILES string of the molecule is Cc1[nH]c2cccn2c1C(C)C. The fraction of sp³-hybridized carbons (Fsp3) is 0.400. The van der Waals surface area contributed by atoms with E-state index in [4.69, 9.17) is 0 Å². The van der Waals surface area contributed by atoms with Gasteiger partial charge in [-0.2, -0.15) is 0 Å². The Morgan fingerprint density at radius 3 is 2.83 bits per heavy atom. The van der Waals surface area contributed by atoms with E-state index in [9.17, 15) is 0 Å². The average Bonchev–Trinajstić information content (AvgIpc) is 2.44. The molecule has 2 rings (SSSR count). The van der Waals surface area contributed by atoms with Crippen LogP contribution in [0.1, 0.15) is 31.2 Å². The van der Waals surface area contributed by atoms with Gasteiger partial charge in [-0.15, -0.1) is 0 Å². The van der Waals surface area contributed by atoms with Gasteiger partial charge >= 0.3 is 0 Å². The summed E-state index contributed by atoms with van der Waals surface area (Å²) in [6.45, 7) is 6.56. The van der Waals surface area contributed by atoms with Gasteiger partial charge in [-0.25, -0.2) is 0 Å². The van der Waals surface area contributed by atoms with Crippen LogP contribution in [0.25, 0.3) is 5.65 Å². The molecule has 2 aromatic rings. The maximum Gasteiger partial charge on any atom is 0.114 e. The largest absolute Gasteiger partial charge is 0.344 e. The fourth-order valence-corrected chi connectivity index (χ4v) is 1.84. The first-order valence-electron chi connectivity index (χ1n) is 4.35. The third-order valence-corrected chi connectivity index (χ3v) is 2.25. The Hall–Kier alpha value is -1.18. The molecular weight excluding hydrogens is 148 g/mol. The molecule has 2 heterocycles. The molecule has 0 radical (unpaired) electrons. The van der Waals surface area contributed by atoms with Crippen LogP contribution in [0.2, 0.25) is 0 Å². The number of hydrogen-bond donors (Lipinski definition) is 1. The lowest BCUT2D eigenvalue weighted by atomic mass is 10.1.